The zero-order valence-corrected chi connectivity index (χ0v) is 14.8. The maximum atomic E-state index is 12.0. The van der Waals surface area contributed by atoms with Crippen LogP contribution in [0.2, 0.25) is 0 Å². The standard InChI is InChI=1S/C20H23NO4/c1-4-11-24-20(23)16-7-9-17(10-8-16)21-19(22)13-25-18-12-14(2)5-6-15(18)3/h5-10,12H,4,11,13H2,1-3H3,(H,21,22). The van der Waals surface area contributed by atoms with E-state index in [0.717, 1.165) is 17.5 Å². The average Bonchev–Trinajstić information content (AvgIpc) is 2.61. The molecule has 0 spiro atoms. The van der Waals surface area contributed by atoms with E-state index in [-0.39, 0.29) is 18.5 Å². The minimum absolute atomic E-state index is 0.0788. The van der Waals surface area contributed by atoms with Crippen molar-refractivity contribution in [2.45, 2.75) is 27.2 Å². The van der Waals surface area contributed by atoms with Gasteiger partial charge in [0.05, 0.1) is 12.2 Å². The smallest absolute Gasteiger partial charge is 0.338 e. The third kappa shape index (κ3) is 5.64. The molecular formula is C20H23NO4. The number of nitrogens with one attached hydrogen (secondary N) is 1. The summed E-state index contributed by atoms with van der Waals surface area (Å²) in [7, 11) is 0. The number of carbonyl (C=O) groups is 2. The van der Waals surface area contributed by atoms with Crippen LogP contribution in [0.15, 0.2) is 42.5 Å². The summed E-state index contributed by atoms with van der Waals surface area (Å²) in [6.07, 6.45) is 0.778. The van der Waals surface area contributed by atoms with Crippen molar-refractivity contribution in [2.75, 3.05) is 18.5 Å². The molecule has 2 rings (SSSR count). The van der Waals surface area contributed by atoms with E-state index in [1.807, 2.05) is 39.0 Å². The van der Waals surface area contributed by atoms with Gasteiger partial charge in [-0.05, 0) is 61.7 Å². The first kappa shape index (κ1) is 18.5. The Labute approximate surface area is 148 Å². The largest absolute Gasteiger partial charge is 0.483 e. The fourth-order valence-electron chi connectivity index (χ4n) is 2.17. The number of amides is 1. The van der Waals surface area contributed by atoms with Gasteiger partial charge in [0.25, 0.3) is 5.91 Å². The maximum Gasteiger partial charge on any atom is 0.338 e. The quantitative estimate of drug-likeness (QED) is 0.776. The van der Waals surface area contributed by atoms with Crippen LogP contribution in [0.5, 0.6) is 5.75 Å². The van der Waals surface area contributed by atoms with E-state index in [1.165, 1.54) is 0 Å². The Morgan fingerprint density at radius 1 is 1.04 bits per heavy atom. The van der Waals surface area contributed by atoms with Crippen molar-refractivity contribution in [3.05, 3.63) is 59.2 Å². The van der Waals surface area contributed by atoms with E-state index >= 15 is 0 Å². The van der Waals surface area contributed by atoms with Gasteiger partial charge >= 0.3 is 5.97 Å². The monoisotopic (exact) mass is 341 g/mol. The second-order valence-corrected chi connectivity index (χ2v) is 5.82. The van der Waals surface area contributed by atoms with Crippen LogP contribution in [0.1, 0.15) is 34.8 Å². The molecule has 0 saturated heterocycles. The number of ether oxygens (including phenoxy) is 2. The molecule has 0 unspecified atom stereocenters. The molecule has 132 valence electrons. The lowest BCUT2D eigenvalue weighted by Gasteiger charge is -2.10. The molecule has 0 radical (unpaired) electrons. The highest BCUT2D eigenvalue weighted by atomic mass is 16.5. The van der Waals surface area contributed by atoms with Crippen LogP contribution in [-0.2, 0) is 9.53 Å². The first-order valence-corrected chi connectivity index (χ1v) is 8.26. The Kier molecular flexibility index (Phi) is 6.57. The van der Waals surface area contributed by atoms with E-state index in [0.29, 0.717) is 23.6 Å². The summed E-state index contributed by atoms with van der Waals surface area (Å²) in [4.78, 5) is 23.7. The third-order valence-electron chi connectivity index (χ3n) is 3.54. The van der Waals surface area contributed by atoms with E-state index in [4.69, 9.17) is 9.47 Å². The van der Waals surface area contributed by atoms with E-state index in [1.54, 1.807) is 24.3 Å². The molecule has 1 amide bonds. The lowest BCUT2D eigenvalue weighted by Crippen LogP contribution is -2.20. The maximum absolute atomic E-state index is 12.0. The summed E-state index contributed by atoms with van der Waals surface area (Å²) < 4.78 is 10.6. The minimum atomic E-state index is -0.363. The molecule has 0 fully saturated rings. The molecule has 0 aromatic heterocycles. The Morgan fingerprint density at radius 3 is 2.44 bits per heavy atom. The van der Waals surface area contributed by atoms with Crippen molar-refractivity contribution in [1.29, 1.82) is 0 Å². The SMILES string of the molecule is CCCOC(=O)c1ccc(NC(=O)COc2cc(C)ccc2C)cc1. The molecule has 0 aliphatic heterocycles. The number of esters is 1. The Balaban J connectivity index is 1.88. The molecular weight excluding hydrogens is 318 g/mol. The molecule has 0 heterocycles. The number of hydrogen-bond donors (Lipinski definition) is 1. The topological polar surface area (TPSA) is 64.6 Å². The van der Waals surface area contributed by atoms with Gasteiger partial charge in [-0.1, -0.05) is 19.1 Å². The normalized spacial score (nSPS) is 10.2. The van der Waals surface area contributed by atoms with Crippen molar-refractivity contribution in [3.8, 4) is 5.75 Å². The number of carbonyl (C=O) groups excluding carboxylic acids is 2. The van der Waals surface area contributed by atoms with Crippen molar-refractivity contribution in [1.82, 2.24) is 0 Å². The van der Waals surface area contributed by atoms with Gasteiger partial charge in [-0.2, -0.15) is 0 Å². The van der Waals surface area contributed by atoms with Crippen molar-refractivity contribution >= 4 is 17.6 Å². The Bertz CT molecular complexity index is 738. The van der Waals surface area contributed by atoms with Crippen LogP contribution in [0, 0.1) is 13.8 Å². The molecule has 0 bridgehead atoms. The minimum Gasteiger partial charge on any atom is -0.483 e. The van der Waals surface area contributed by atoms with E-state index < -0.39 is 0 Å². The molecule has 2 aromatic rings. The molecule has 1 N–H and O–H groups in total. The molecule has 2 aromatic carbocycles. The highest BCUT2D eigenvalue weighted by molar-refractivity contribution is 5.93. The fourth-order valence-corrected chi connectivity index (χ4v) is 2.17. The molecule has 0 aliphatic rings. The summed E-state index contributed by atoms with van der Waals surface area (Å²) in [5, 5.41) is 2.74. The molecule has 0 saturated carbocycles. The highest BCUT2D eigenvalue weighted by Gasteiger charge is 2.09. The molecule has 5 nitrogen and oxygen atoms in total. The predicted octanol–water partition coefficient (Wildman–Crippen LogP) is 3.89. The van der Waals surface area contributed by atoms with Crippen molar-refractivity contribution < 1.29 is 19.1 Å². The van der Waals surface area contributed by atoms with Crippen LogP contribution in [-0.4, -0.2) is 25.1 Å². The summed E-state index contributed by atoms with van der Waals surface area (Å²) >= 11 is 0. The zero-order valence-electron chi connectivity index (χ0n) is 14.8. The summed E-state index contributed by atoms with van der Waals surface area (Å²) in [5.74, 6) is 0.0735. The molecule has 5 heteroatoms. The molecule has 25 heavy (non-hydrogen) atoms. The summed E-state index contributed by atoms with van der Waals surface area (Å²) in [6, 6.07) is 12.4. The number of rotatable bonds is 7. The van der Waals surface area contributed by atoms with Gasteiger partial charge in [0, 0.05) is 5.69 Å². The Morgan fingerprint density at radius 2 is 1.76 bits per heavy atom. The fraction of sp³-hybridized carbons (Fsp3) is 0.300. The summed E-state index contributed by atoms with van der Waals surface area (Å²) in [5.41, 5.74) is 3.11. The van der Waals surface area contributed by atoms with Gasteiger partial charge in [0.2, 0.25) is 0 Å². The predicted molar refractivity (Wildman–Crippen MR) is 97.1 cm³/mol. The van der Waals surface area contributed by atoms with Gasteiger partial charge in [0.15, 0.2) is 6.61 Å². The Hall–Kier alpha value is -2.82. The van der Waals surface area contributed by atoms with Crippen LogP contribution in [0.25, 0.3) is 0 Å². The molecule has 0 atom stereocenters. The van der Waals surface area contributed by atoms with Crippen molar-refractivity contribution in [3.63, 3.8) is 0 Å². The molecule has 0 aliphatic carbocycles. The van der Waals surface area contributed by atoms with Gasteiger partial charge in [-0.15, -0.1) is 0 Å². The lowest BCUT2D eigenvalue weighted by atomic mass is 10.1. The van der Waals surface area contributed by atoms with E-state index in [9.17, 15) is 9.59 Å². The second kappa shape index (κ2) is 8.87. The van der Waals surface area contributed by atoms with Crippen LogP contribution in [0.4, 0.5) is 5.69 Å². The van der Waals surface area contributed by atoms with E-state index in [2.05, 4.69) is 5.32 Å². The van der Waals surface area contributed by atoms with Gasteiger partial charge in [0.1, 0.15) is 5.75 Å². The number of hydrogen-bond acceptors (Lipinski definition) is 4. The van der Waals surface area contributed by atoms with Gasteiger partial charge in [-0.3, -0.25) is 4.79 Å². The van der Waals surface area contributed by atoms with Crippen LogP contribution >= 0.6 is 0 Å². The average molecular weight is 341 g/mol. The highest BCUT2D eigenvalue weighted by Crippen LogP contribution is 2.19. The van der Waals surface area contributed by atoms with Gasteiger partial charge in [-0.25, -0.2) is 4.79 Å². The first-order valence-electron chi connectivity index (χ1n) is 8.26. The zero-order chi connectivity index (χ0) is 18.2. The lowest BCUT2D eigenvalue weighted by molar-refractivity contribution is -0.118. The summed E-state index contributed by atoms with van der Waals surface area (Å²) in [6.45, 7) is 6.16. The number of aryl methyl sites for hydroxylation is 2. The first-order chi connectivity index (χ1) is 12.0. The van der Waals surface area contributed by atoms with Crippen molar-refractivity contribution in [2.24, 2.45) is 0 Å². The number of benzene rings is 2. The van der Waals surface area contributed by atoms with Crippen LogP contribution in [0.3, 0.4) is 0 Å². The number of anilines is 1. The van der Waals surface area contributed by atoms with Gasteiger partial charge < -0.3 is 14.8 Å². The second-order valence-electron chi connectivity index (χ2n) is 5.82. The third-order valence-corrected chi connectivity index (χ3v) is 3.54. The van der Waals surface area contributed by atoms with Crippen LogP contribution < -0.4 is 10.1 Å².